The minimum Gasteiger partial charge on any atom is -0.356 e. The summed E-state index contributed by atoms with van der Waals surface area (Å²) in [5.74, 6) is 0.544. The Bertz CT molecular complexity index is 792. The van der Waals surface area contributed by atoms with E-state index >= 15 is 0 Å². The Morgan fingerprint density at radius 1 is 1.24 bits per heavy atom. The van der Waals surface area contributed by atoms with Crippen molar-refractivity contribution in [2.24, 2.45) is 4.99 Å². The summed E-state index contributed by atoms with van der Waals surface area (Å²) in [6.07, 6.45) is -3.51. The molecular weight excluding hydrogens is 331 g/mol. The molecule has 0 amide bonds. The summed E-state index contributed by atoms with van der Waals surface area (Å²) in [5, 5.41) is 10.2. The first-order chi connectivity index (χ1) is 11.8. The lowest BCUT2D eigenvalue weighted by Gasteiger charge is -2.19. The number of halogens is 3. The van der Waals surface area contributed by atoms with E-state index < -0.39 is 11.7 Å². The summed E-state index contributed by atoms with van der Waals surface area (Å²) in [6, 6.07) is 6.12. The number of hydrogen-bond acceptors (Lipinski definition) is 4. The molecule has 0 spiro atoms. The Hall–Kier alpha value is -2.51. The van der Waals surface area contributed by atoms with E-state index in [4.69, 9.17) is 0 Å². The number of nitrogens with zero attached hydrogens (tertiary/aromatic N) is 3. The highest BCUT2D eigenvalue weighted by Gasteiger charge is 2.33. The van der Waals surface area contributed by atoms with Crippen molar-refractivity contribution in [1.82, 2.24) is 20.4 Å². The molecule has 1 aliphatic heterocycles. The molecule has 1 aromatic carbocycles. The van der Waals surface area contributed by atoms with Gasteiger partial charge in [0.25, 0.3) is 0 Å². The van der Waals surface area contributed by atoms with Gasteiger partial charge in [0.15, 0.2) is 5.96 Å². The molecule has 2 N–H and O–H groups in total. The van der Waals surface area contributed by atoms with E-state index in [0.29, 0.717) is 18.2 Å². The van der Waals surface area contributed by atoms with Crippen LogP contribution in [0.25, 0.3) is 5.69 Å². The van der Waals surface area contributed by atoms with Gasteiger partial charge in [-0.05, 0) is 44.0 Å². The number of aromatic nitrogens is 2. The van der Waals surface area contributed by atoms with Crippen molar-refractivity contribution < 1.29 is 13.2 Å². The molecule has 0 saturated heterocycles. The Morgan fingerprint density at radius 3 is 2.64 bits per heavy atom. The van der Waals surface area contributed by atoms with Crippen molar-refractivity contribution in [2.45, 2.75) is 33.0 Å². The van der Waals surface area contributed by atoms with Gasteiger partial charge in [-0.1, -0.05) is 6.07 Å². The van der Waals surface area contributed by atoms with Crippen LogP contribution in [-0.2, 0) is 12.7 Å². The lowest BCUT2D eigenvalue weighted by Crippen LogP contribution is -2.40. The molecule has 25 heavy (non-hydrogen) atoms. The number of aliphatic imine (C=N–C) groups is 1. The maximum atomic E-state index is 13.5. The molecule has 134 valence electrons. The van der Waals surface area contributed by atoms with E-state index in [1.54, 1.807) is 6.07 Å². The summed E-state index contributed by atoms with van der Waals surface area (Å²) in [7, 11) is 0. The van der Waals surface area contributed by atoms with Crippen LogP contribution in [0.3, 0.4) is 0 Å². The quantitative estimate of drug-likeness (QED) is 0.894. The van der Waals surface area contributed by atoms with Gasteiger partial charge in [0.2, 0.25) is 0 Å². The SMILES string of the molecule is Cc1cc(C)n(-c2ccc(CNC3=NCCCN3)c(C(F)(F)F)c2)n1. The molecule has 5 nitrogen and oxygen atoms in total. The molecular formula is C17H20F3N5. The van der Waals surface area contributed by atoms with Crippen LogP contribution in [0.1, 0.15) is 28.9 Å². The van der Waals surface area contributed by atoms with E-state index in [0.717, 1.165) is 30.4 Å². The minimum absolute atomic E-state index is 0.0536. The predicted octanol–water partition coefficient (Wildman–Crippen LogP) is 2.95. The smallest absolute Gasteiger partial charge is 0.356 e. The van der Waals surface area contributed by atoms with Crippen LogP contribution in [-0.4, -0.2) is 28.8 Å². The Balaban J connectivity index is 1.90. The van der Waals surface area contributed by atoms with Crippen molar-refractivity contribution in [3.8, 4) is 5.69 Å². The molecule has 0 atom stereocenters. The molecule has 2 heterocycles. The average molecular weight is 351 g/mol. The monoisotopic (exact) mass is 351 g/mol. The van der Waals surface area contributed by atoms with Gasteiger partial charge in [-0.15, -0.1) is 0 Å². The van der Waals surface area contributed by atoms with E-state index in [1.165, 1.54) is 10.7 Å². The number of guanidine groups is 1. The normalized spacial score (nSPS) is 14.8. The third-order valence-corrected chi connectivity index (χ3v) is 4.00. The Labute approximate surface area is 144 Å². The highest BCUT2D eigenvalue weighted by atomic mass is 19.4. The Kier molecular flexibility index (Phi) is 4.69. The highest BCUT2D eigenvalue weighted by Crippen LogP contribution is 2.33. The minimum atomic E-state index is -4.44. The molecule has 0 radical (unpaired) electrons. The van der Waals surface area contributed by atoms with Crippen LogP contribution >= 0.6 is 0 Å². The second-order valence-corrected chi connectivity index (χ2v) is 6.04. The lowest BCUT2D eigenvalue weighted by molar-refractivity contribution is -0.138. The molecule has 0 bridgehead atoms. The van der Waals surface area contributed by atoms with E-state index in [9.17, 15) is 13.2 Å². The van der Waals surface area contributed by atoms with Gasteiger partial charge < -0.3 is 10.6 Å². The molecule has 0 aliphatic carbocycles. The zero-order valence-electron chi connectivity index (χ0n) is 14.1. The largest absolute Gasteiger partial charge is 0.416 e. The molecule has 0 unspecified atom stereocenters. The number of hydrogen-bond donors (Lipinski definition) is 2. The summed E-state index contributed by atoms with van der Waals surface area (Å²) in [4.78, 5) is 4.21. The number of alkyl halides is 3. The highest BCUT2D eigenvalue weighted by molar-refractivity contribution is 5.80. The number of rotatable bonds is 3. The molecule has 2 aromatic rings. The summed E-state index contributed by atoms with van der Waals surface area (Å²) in [5.41, 5.74) is 1.46. The van der Waals surface area contributed by atoms with Gasteiger partial charge in [0.1, 0.15) is 0 Å². The van der Waals surface area contributed by atoms with Crippen molar-refractivity contribution in [2.75, 3.05) is 13.1 Å². The van der Waals surface area contributed by atoms with E-state index in [1.807, 2.05) is 19.9 Å². The standard InChI is InChI=1S/C17H20F3N5/c1-11-8-12(2)25(24-11)14-5-4-13(15(9-14)17(18,19)20)10-23-16-21-6-3-7-22-16/h4-5,8-9H,3,6-7,10H2,1-2H3,(H2,21,22,23). The number of benzene rings is 1. The third-order valence-electron chi connectivity index (χ3n) is 4.00. The fourth-order valence-electron chi connectivity index (χ4n) is 2.83. The van der Waals surface area contributed by atoms with E-state index in [-0.39, 0.29) is 12.1 Å². The third kappa shape index (κ3) is 3.94. The summed E-state index contributed by atoms with van der Waals surface area (Å²) >= 11 is 0. The van der Waals surface area contributed by atoms with Gasteiger partial charge in [-0.3, -0.25) is 4.99 Å². The molecule has 3 rings (SSSR count). The maximum Gasteiger partial charge on any atom is 0.416 e. The fraction of sp³-hybridized carbons (Fsp3) is 0.412. The van der Waals surface area contributed by atoms with Crippen LogP contribution in [0.5, 0.6) is 0 Å². The van der Waals surface area contributed by atoms with Gasteiger partial charge in [0, 0.05) is 25.3 Å². The van der Waals surface area contributed by atoms with Gasteiger partial charge in [-0.2, -0.15) is 18.3 Å². The molecule has 1 aliphatic rings. The van der Waals surface area contributed by atoms with Gasteiger partial charge in [-0.25, -0.2) is 4.68 Å². The number of aryl methyl sites for hydroxylation is 2. The lowest BCUT2D eigenvalue weighted by atomic mass is 10.1. The average Bonchev–Trinajstić information content (AvgIpc) is 2.91. The first-order valence-electron chi connectivity index (χ1n) is 8.10. The zero-order chi connectivity index (χ0) is 18.0. The van der Waals surface area contributed by atoms with Crippen molar-refractivity contribution in [1.29, 1.82) is 0 Å². The first-order valence-corrected chi connectivity index (χ1v) is 8.10. The maximum absolute atomic E-state index is 13.5. The van der Waals surface area contributed by atoms with Crippen LogP contribution in [0, 0.1) is 13.8 Å². The molecule has 0 saturated carbocycles. The van der Waals surface area contributed by atoms with Crippen LogP contribution < -0.4 is 10.6 Å². The number of nitrogens with one attached hydrogen (secondary N) is 2. The van der Waals surface area contributed by atoms with E-state index in [2.05, 4.69) is 20.7 Å². The van der Waals surface area contributed by atoms with Gasteiger partial charge in [0.05, 0.1) is 16.9 Å². The molecule has 8 heteroatoms. The first kappa shape index (κ1) is 17.3. The zero-order valence-corrected chi connectivity index (χ0v) is 14.1. The Morgan fingerprint density at radius 2 is 2.04 bits per heavy atom. The topological polar surface area (TPSA) is 54.2 Å². The fourth-order valence-corrected chi connectivity index (χ4v) is 2.83. The van der Waals surface area contributed by atoms with Crippen LogP contribution in [0.4, 0.5) is 13.2 Å². The van der Waals surface area contributed by atoms with Crippen LogP contribution in [0.15, 0.2) is 29.3 Å². The van der Waals surface area contributed by atoms with Crippen molar-refractivity contribution in [3.05, 3.63) is 46.8 Å². The summed E-state index contributed by atoms with van der Waals surface area (Å²) < 4.78 is 42.1. The predicted molar refractivity (Wildman–Crippen MR) is 89.8 cm³/mol. The van der Waals surface area contributed by atoms with Crippen molar-refractivity contribution >= 4 is 5.96 Å². The van der Waals surface area contributed by atoms with Gasteiger partial charge >= 0.3 is 6.18 Å². The van der Waals surface area contributed by atoms with Crippen LogP contribution in [0.2, 0.25) is 0 Å². The molecule has 0 fully saturated rings. The second-order valence-electron chi connectivity index (χ2n) is 6.04. The molecule has 1 aromatic heterocycles. The van der Waals surface area contributed by atoms with Crippen molar-refractivity contribution in [3.63, 3.8) is 0 Å². The summed E-state index contributed by atoms with van der Waals surface area (Å²) in [6.45, 7) is 5.13. The second kappa shape index (κ2) is 6.78.